The molecule has 14 heteroatoms. The molecule has 0 saturated carbocycles. The second-order valence-corrected chi connectivity index (χ2v) is 13.3. The normalized spacial score (nSPS) is 19.7. The minimum Gasteiger partial charge on any atom is -0.512 e. The SMILES string of the molecule is COC(=O)C1=C(O)CCN(S(=O)(=O)c2cnc3n2C(C)(Cc2ccc(Br)cc2)C(=O)N3c2cc(Cl)cc(Cl)c2)C1. The number of hydrogen-bond donors (Lipinski definition) is 1. The van der Waals surface area contributed by atoms with E-state index in [1.807, 2.05) is 24.3 Å². The fraction of sp³-hybridized carbons (Fsp3) is 0.269. The number of anilines is 2. The van der Waals surface area contributed by atoms with E-state index in [9.17, 15) is 23.1 Å². The second kappa shape index (κ2) is 10.5. The van der Waals surface area contributed by atoms with Gasteiger partial charge in [-0.25, -0.2) is 23.1 Å². The monoisotopic (exact) mass is 668 g/mol. The highest BCUT2D eigenvalue weighted by molar-refractivity contribution is 9.10. The molecule has 40 heavy (non-hydrogen) atoms. The van der Waals surface area contributed by atoms with E-state index in [0.717, 1.165) is 21.5 Å². The summed E-state index contributed by atoms with van der Waals surface area (Å²) in [5.41, 5.74) is -0.457. The Morgan fingerprint density at radius 1 is 1.18 bits per heavy atom. The highest BCUT2D eigenvalue weighted by Crippen LogP contribution is 2.45. The summed E-state index contributed by atoms with van der Waals surface area (Å²) in [4.78, 5) is 32.1. The predicted octanol–water partition coefficient (Wildman–Crippen LogP) is 4.97. The Morgan fingerprint density at radius 3 is 2.45 bits per heavy atom. The van der Waals surface area contributed by atoms with E-state index in [4.69, 9.17) is 27.9 Å². The number of imidazole rings is 1. The first-order valence-corrected chi connectivity index (χ1v) is 15.0. The minimum atomic E-state index is -4.32. The Labute approximate surface area is 248 Å². The van der Waals surface area contributed by atoms with Crippen LogP contribution in [0.2, 0.25) is 10.0 Å². The minimum absolute atomic E-state index is 0.0742. The van der Waals surface area contributed by atoms with Crippen LogP contribution >= 0.6 is 39.1 Å². The Bertz CT molecular complexity index is 1650. The molecule has 5 rings (SSSR count). The average Bonchev–Trinajstić information content (AvgIpc) is 3.43. The summed E-state index contributed by atoms with van der Waals surface area (Å²) in [5, 5.41) is 10.6. The highest BCUT2D eigenvalue weighted by Gasteiger charge is 2.52. The molecule has 2 aromatic carbocycles. The van der Waals surface area contributed by atoms with Crippen molar-refractivity contribution in [3.05, 3.63) is 80.1 Å². The van der Waals surface area contributed by atoms with Crippen molar-refractivity contribution < 1.29 is 27.9 Å². The van der Waals surface area contributed by atoms with Crippen molar-refractivity contribution >= 4 is 72.7 Å². The van der Waals surface area contributed by atoms with E-state index in [0.29, 0.717) is 5.69 Å². The van der Waals surface area contributed by atoms with Gasteiger partial charge in [0.05, 0.1) is 24.6 Å². The van der Waals surface area contributed by atoms with E-state index in [1.54, 1.807) is 19.1 Å². The average molecular weight is 670 g/mol. The van der Waals surface area contributed by atoms with E-state index < -0.39 is 34.0 Å². The molecule has 1 atom stereocenters. The van der Waals surface area contributed by atoms with Crippen LogP contribution in [0.3, 0.4) is 0 Å². The molecule has 0 saturated heterocycles. The maximum Gasteiger partial charge on any atom is 0.338 e. The molecule has 0 aliphatic carbocycles. The Balaban J connectivity index is 1.65. The number of carbonyl (C=O) groups is 2. The van der Waals surface area contributed by atoms with Gasteiger partial charge in [0.25, 0.3) is 15.9 Å². The first kappa shape index (κ1) is 28.6. The Kier molecular flexibility index (Phi) is 7.51. The molecule has 210 valence electrons. The number of aliphatic hydroxyl groups excluding tert-OH is 1. The molecule has 1 N–H and O–H groups in total. The van der Waals surface area contributed by atoms with Crippen LogP contribution in [0.5, 0.6) is 0 Å². The number of fused-ring (bicyclic) bond motifs is 1. The van der Waals surface area contributed by atoms with Crippen molar-refractivity contribution in [2.24, 2.45) is 0 Å². The van der Waals surface area contributed by atoms with Crippen molar-refractivity contribution in [2.45, 2.75) is 30.3 Å². The third kappa shape index (κ3) is 4.81. The number of benzene rings is 2. The molecule has 1 aromatic heterocycles. The number of aliphatic hydroxyl groups is 1. The lowest BCUT2D eigenvalue weighted by molar-refractivity contribution is -0.136. The van der Waals surface area contributed by atoms with Crippen molar-refractivity contribution in [3.63, 3.8) is 0 Å². The van der Waals surface area contributed by atoms with Crippen LogP contribution in [-0.2, 0) is 36.3 Å². The Hall–Kier alpha value is -2.90. The van der Waals surface area contributed by atoms with Gasteiger partial charge in [-0.15, -0.1) is 0 Å². The van der Waals surface area contributed by atoms with E-state index in [-0.39, 0.29) is 51.7 Å². The van der Waals surface area contributed by atoms with Gasteiger partial charge in [-0.05, 0) is 42.8 Å². The van der Waals surface area contributed by atoms with Gasteiger partial charge in [0.15, 0.2) is 5.03 Å². The van der Waals surface area contributed by atoms with E-state index >= 15 is 0 Å². The largest absolute Gasteiger partial charge is 0.512 e. The molecule has 10 nitrogen and oxygen atoms in total. The second-order valence-electron chi connectivity index (χ2n) is 9.58. The standard InChI is InChI=1S/C26H23BrCl2N4O6S/c1-26(12-15-3-5-16(27)6-4-15)24(36)32(19-10-17(28)9-18(29)11-19)25-30-13-22(33(25)26)40(37,38)31-8-7-21(34)20(14-31)23(35)39-2/h3-6,9-11,13,34H,7-8,12,14H2,1-2H3. The van der Waals surface area contributed by atoms with Crippen molar-refractivity contribution in [1.29, 1.82) is 0 Å². The lowest BCUT2D eigenvalue weighted by Gasteiger charge is -2.30. The summed E-state index contributed by atoms with van der Waals surface area (Å²) in [7, 11) is -3.17. The summed E-state index contributed by atoms with van der Waals surface area (Å²) in [6.07, 6.45) is 1.25. The summed E-state index contributed by atoms with van der Waals surface area (Å²) < 4.78 is 36.1. The summed E-state index contributed by atoms with van der Waals surface area (Å²) >= 11 is 15.9. The smallest absolute Gasteiger partial charge is 0.338 e. The van der Waals surface area contributed by atoms with E-state index in [2.05, 4.69) is 20.9 Å². The lowest BCUT2D eigenvalue weighted by atomic mass is 9.92. The molecule has 0 fully saturated rings. The molecule has 2 aliphatic heterocycles. The number of aromatic nitrogens is 2. The lowest BCUT2D eigenvalue weighted by Crippen LogP contribution is -2.44. The van der Waals surface area contributed by atoms with Crippen molar-refractivity contribution in [2.75, 3.05) is 25.1 Å². The molecule has 1 unspecified atom stereocenters. The molecular formula is C26H23BrCl2N4O6S. The zero-order valence-corrected chi connectivity index (χ0v) is 25.2. The maximum atomic E-state index is 14.2. The molecule has 1 amide bonds. The number of halogens is 3. The van der Waals surface area contributed by atoms with Gasteiger partial charge >= 0.3 is 5.97 Å². The fourth-order valence-corrected chi connectivity index (χ4v) is 7.36. The number of amides is 1. The number of hydrogen-bond acceptors (Lipinski definition) is 7. The van der Waals surface area contributed by atoms with E-state index in [1.165, 1.54) is 21.7 Å². The van der Waals surface area contributed by atoms with Gasteiger partial charge in [-0.3, -0.25) is 9.36 Å². The molecule has 3 heterocycles. The van der Waals surface area contributed by atoms with Gasteiger partial charge in [0.2, 0.25) is 5.95 Å². The number of rotatable bonds is 6. The fourth-order valence-electron chi connectivity index (χ4n) is 4.98. The zero-order chi connectivity index (χ0) is 29.0. The zero-order valence-electron chi connectivity index (χ0n) is 21.3. The molecule has 2 aliphatic rings. The Morgan fingerprint density at radius 2 is 1.82 bits per heavy atom. The quantitative estimate of drug-likeness (QED) is 0.368. The van der Waals surface area contributed by atoms with Crippen LogP contribution in [0.25, 0.3) is 0 Å². The molecule has 3 aromatic rings. The summed E-state index contributed by atoms with van der Waals surface area (Å²) in [5.74, 6) is -1.41. The predicted molar refractivity (Wildman–Crippen MR) is 152 cm³/mol. The van der Waals surface area contributed by atoms with Crippen LogP contribution in [0, 0.1) is 0 Å². The van der Waals surface area contributed by atoms with Crippen molar-refractivity contribution in [1.82, 2.24) is 13.9 Å². The van der Waals surface area contributed by atoms with Gasteiger partial charge in [0.1, 0.15) is 11.3 Å². The molecule has 0 bridgehead atoms. The van der Waals surface area contributed by atoms with Crippen molar-refractivity contribution in [3.8, 4) is 0 Å². The maximum absolute atomic E-state index is 14.2. The highest BCUT2D eigenvalue weighted by atomic mass is 79.9. The molecule has 0 spiro atoms. The third-order valence-electron chi connectivity index (χ3n) is 6.95. The third-order valence-corrected chi connectivity index (χ3v) is 9.73. The van der Waals surface area contributed by atoms with Gasteiger partial charge in [0, 0.05) is 40.4 Å². The summed E-state index contributed by atoms with van der Waals surface area (Å²) in [6.45, 7) is 1.17. The van der Waals surface area contributed by atoms with Gasteiger partial charge < -0.3 is 9.84 Å². The molecular weight excluding hydrogens is 647 g/mol. The van der Waals surface area contributed by atoms with Crippen LogP contribution < -0.4 is 4.90 Å². The first-order valence-electron chi connectivity index (χ1n) is 12.0. The van der Waals surface area contributed by atoms with Gasteiger partial charge in [-0.1, -0.05) is 51.3 Å². The first-order chi connectivity index (χ1) is 18.9. The number of nitrogens with zero attached hydrogens (tertiary/aromatic N) is 4. The van der Waals surface area contributed by atoms with Crippen LogP contribution in [0.15, 0.2) is 69.5 Å². The van der Waals surface area contributed by atoms with Crippen LogP contribution in [-0.4, -0.2) is 59.5 Å². The van der Waals surface area contributed by atoms with Crippen LogP contribution in [0.1, 0.15) is 18.9 Å². The number of carbonyl (C=O) groups excluding carboxylic acids is 2. The van der Waals surface area contributed by atoms with Crippen LogP contribution in [0.4, 0.5) is 11.6 Å². The number of sulfonamides is 1. The number of methoxy groups -OCH3 is 1. The summed E-state index contributed by atoms with van der Waals surface area (Å²) in [6, 6.07) is 12.0. The molecule has 0 radical (unpaired) electrons. The van der Waals surface area contributed by atoms with Gasteiger partial charge in [-0.2, -0.15) is 4.31 Å². The topological polar surface area (TPSA) is 122 Å². The number of ether oxygens (including phenoxy) is 1. The number of esters is 1.